The van der Waals surface area contributed by atoms with E-state index in [4.69, 9.17) is 0 Å². The lowest BCUT2D eigenvalue weighted by Gasteiger charge is -2.30. The minimum absolute atomic E-state index is 0.0707. The topological polar surface area (TPSA) is 71.3 Å². The molecule has 0 radical (unpaired) electrons. The van der Waals surface area contributed by atoms with Crippen molar-refractivity contribution in [2.75, 3.05) is 0 Å². The highest BCUT2D eigenvalue weighted by atomic mass is 16.3. The minimum atomic E-state index is -1.66. The van der Waals surface area contributed by atoms with Gasteiger partial charge in [0.25, 0.3) is 11.5 Å². The summed E-state index contributed by atoms with van der Waals surface area (Å²) in [5.41, 5.74) is 1.18. The lowest BCUT2D eigenvalue weighted by atomic mass is 9.87. The lowest BCUT2D eigenvalue weighted by Crippen LogP contribution is -2.50. The Labute approximate surface area is 147 Å². The van der Waals surface area contributed by atoms with E-state index < -0.39 is 11.5 Å². The van der Waals surface area contributed by atoms with Gasteiger partial charge in [-0.05, 0) is 50.3 Å². The van der Waals surface area contributed by atoms with Crippen LogP contribution in [-0.2, 0) is 17.8 Å². The first-order chi connectivity index (χ1) is 11.9. The average molecular weight is 340 g/mol. The molecule has 25 heavy (non-hydrogen) atoms. The molecule has 0 bridgehead atoms. The summed E-state index contributed by atoms with van der Waals surface area (Å²) >= 11 is 0. The first kappa shape index (κ1) is 17.4. The molecule has 1 amide bonds. The maximum absolute atomic E-state index is 12.7. The number of aryl methyl sites for hydroxylation is 2. The largest absolute Gasteiger partial charge is 0.378 e. The van der Waals surface area contributed by atoms with Crippen LogP contribution in [0.4, 0.5) is 0 Å². The van der Waals surface area contributed by atoms with Crippen molar-refractivity contribution in [2.45, 2.75) is 51.3 Å². The second-order valence-electron chi connectivity index (χ2n) is 6.98. The van der Waals surface area contributed by atoms with E-state index in [2.05, 4.69) is 11.4 Å². The molecule has 5 heteroatoms. The summed E-state index contributed by atoms with van der Waals surface area (Å²) in [5, 5.41) is 13.7. The number of amides is 1. The smallest absolute Gasteiger partial charge is 0.254 e. The van der Waals surface area contributed by atoms with E-state index in [1.54, 1.807) is 19.1 Å². The number of benzene rings is 1. The molecule has 1 aromatic carbocycles. The zero-order chi connectivity index (χ0) is 18.0. The van der Waals surface area contributed by atoms with Gasteiger partial charge in [-0.25, -0.2) is 0 Å². The number of nitrogens with one attached hydrogen (secondary N) is 1. The second kappa shape index (κ2) is 6.84. The van der Waals surface area contributed by atoms with Gasteiger partial charge < -0.3 is 15.0 Å². The van der Waals surface area contributed by atoms with Crippen LogP contribution < -0.4 is 10.9 Å². The van der Waals surface area contributed by atoms with Crippen molar-refractivity contribution in [3.05, 3.63) is 69.6 Å². The molecule has 0 unspecified atom stereocenters. The molecular formula is C20H24N2O3. The van der Waals surface area contributed by atoms with Crippen LogP contribution in [0, 0.1) is 6.92 Å². The fraction of sp³-hybridized carbons (Fsp3) is 0.400. The van der Waals surface area contributed by atoms with Gasteiger partial charge in [0.05, 0.1) is 12.6 Å². The number of carbonyl (C=O) groups is 1. The Morgan fingerprint density at radius 3 is 2.80 bits per heavy atom. The van der Waals surface area contributed by atoms with Crippen molar-refractivity contribution in [1.82, 2.24) is 9.88 Å². The molecule has 1 aliphatic rings. The second-order valence-corrected chi connectivity index (χ2v) is 6.98. The standard InChI is InChI=1S/C20H24N2O3/c1-14-7-5-12-18(23)22(14)13-20(2,25)19(24)21-17-11-6-9-15-8-3-4-10-16(15)17/h3-5,7-8,10,12,17,25H,6,9,11,13H2,1-2H3,(H,21,24)/t17-,20+/m0/s1. The molecule has 5 nitrogen and oxygen atoms in total. The summed E-state index contributed by atoms with van der Waals surface area (Å²) in [7, 11) is 0. The number of rotatable bonds is 4. The third-order valence-electron chi connectivity index (χ3n) is 4.90. The molecule has 1 aromatic heterocycles. The van der Waals surface area contributed by atoms with Gasteiger partial charge in [0.15, 0.2) is 5.60 Å². The average Bonchev–Trinajstić information content (AvgIpc) is 2.58. The van der Waals surface area contributed by atoms with Crippen molar-refractivity contribution >= 4 is 5.91 Å². The summed E-state index contributed by atoms with van der Waals surface area (Å²) in [6.07, 6.45) is 2.86. The first-order valence-electron chi connectivity index (χ1n) is 8.66. The molecule has 1 aliphatic carbocycles. The highest BCUT2D eigenvalue weighted by Crippen LogP contribution is 2.29. The van der Waals surface area contributed by atoms with Crippen LogP contribution in [0.5, 0.6) is 0 Å². The highest BCUT2D eigenvalue weighted by Gasteiger charge is 2.34. The van der Waals surface area contributed by atoms with Crippen molar-refractivity contribution < 1.29 is 9.90 Å². The molecule has 2 N–H and O–H groups in total. The van der Waals surface area contributed by atoms with E-state index in [0.717, 1.165) is 24.8 Å². The molecule has 0 spiro atoms. The fourth-order valence-electron chi connectivity index (χ4n) is 3.42. The Kier molecular flexibility index (Phi) is 4.77. The van der Waals surface area contributed by atoms with Gasteiger partial charge in [-0.2, -0.15) is 0 Å². The van der Waals surface area contributed by atoms with Gasteiger partial charge in [0.2, 0.25) is 0 Å². The van der Waals surface area contributed by atoms with Gasteiger partial charge in [-0.3, -0.25) is 9.59 Å². The number of carbonyl (C=O) groups excluding carboxylic acids is 1. The maximum atomic E-state index is 12.7. The van der Waals surface area contributed by atoms with Gasteiger partial charge in [-0.15, -0.1) is 0 Å². The molecule has 0 aliphatic heterocycles. The highest BCUT2D eigenvalue weighted by molar-refractivity contribution is 5.84. The third kappa shape index (κ3) is 3.66. The number of hydrogen-bond acceptors (Lipinski definition) is 3. The van der Waals surface area contributed by atoms with E-state index in [1.165, 1.54) is 23.1 Å². The molecule has 132 valence electrons. The quantitative estimate of drug-likeness (QED) is 0.895. The molecular weight excluding hydrogens is 316 g/mol. The Morgan fingerprint density at radius 2 is 2.04 bits per heavy atom. The number of hydrogen-bond donors (Lipinski definition) is 2. The van der Waals surface area contributed by atoms with Gasteiger partial charge in [0.1, 0.15) is 0 Å². The predicted molar refractivity (Wildman–Crippen MR) is 96.3 cm³/mol. The third-order valence-corrected chi connectivity index (χ3v) is 4.90. The monoisotopic (exact) mass is 340 g/mol. The van der Waals surface area contributed by atoms with Gasteiger partial charge in [-0.1, -0.05) is 30.3 Å². The van der Waals surface area contributed by atoms with Crippen molar-refractivity contribution in [3.8, 4) is 0 Å². The molecule has 2 aromatic rings. The van der Waals surface area contributed by atoms with E-state index in [1.807, 2.05) is 18.2 Å². The number of pyridine rings is 1. The Balaban J connectivity index is 1.78. The normalized spacial score (nSPS) is 18.9. The van der Waals surface area contributed by atoms with Crippen LogP contribution in [-0.4, -0.2) is 21.2 Å². The van der Waals surface area contributed by atoms with Crippen LogP contribution >= 0.6 is 0 Å². The number of aliphatic hydroxyl groups is 1. The predicted octanol–water partition coefficient (Wildman–Crippen LogP) is 2.10. The number of fused-ring (bicyclic) bond motifs is 1. The van der Waals surface area contributed by atoms with E-state index in [-0.39, 0.29) is 18.1 Å². The molecule has 0 saturated heterocycles. The summed E-state index contributed by atoms with van der Waals surface area (Å²) in [6.45, 7) is 3.17. The Morgan fingerprint density at radius 1 is 1.28 bits per heavy atom. The minimum Gasteiger partial charge on any atom is -0.378 e. The molecule has 1 heterocycles. The zero-order valence-electron chi connectivity index (χ0n) is 14.7. The first-order valence-corrected chi connectivity index (χ1v) is 8.66. The summed E-state index contributed by atoms with van der Waals surface area (Å²) in [6, 6.07) is 12.9. The van der Waals surface area contributed by atoms with Gasteiger partial charge >= 0.3 is 0 Å². The van der Waals surface area contributed by atoms with Gasteiger partial charge in [0, 0.05) is 11.8 Å². The lowest BCUT2D eigenvalue weighted by molar-refractivity contribution is -0.140. The molecule has 2 atom stereocenters. The summed E-state index contributed by atoms with van der Waals surface area (Å²) in [4.78, 5) is 24.7. The van der Waals surface area contributed by atoms with E-state index >= 15 is 0 Å². The van der Waals surface area contributed by atoms with Crippen LogP contribution in [0.2, 0.25) is 0 Å². The van der Waals surface area contributed by atoms with Crippen molar-refractivity contribution in [2.24, 2.45) is 0 Å². The maximum Gasteiger partial charge on any atom is 0.254 e. The van der Waals surface area contributed by atoms with E-state index in [0.29, 0.717) is 5.69 Å². The number of nitrogens with zero attached hydrogens (tertiary/aromatic N) is 1. The fourth-order valence-corrected chi connectivity index (χ4v) is 3.42. The zero-order valence-corrected chi connectivity index (χ0v) is 14.7. The van der Waals surface area contributed by atoms with E-state index in [9.17, 15) is 14.7 Å². The van der Waals surface area contributed by atoms with Crippen LogP contribution in [0.15, 0.2) is 47.3 Å². The number of aromatic nitrogens is 1. The van der Waals surface area contributed by atoms with Crippen molar-refractivity contribution in [3.63, 3.8) is 0 Å². The van der Waals surface area contributed by atoms with Crippen LogP contribution in [0.25, 0.3) is 0 Å². The summed E-state index contributed by atoms with van der Waals surface area (Å²) in [5.74, 6) is -0.454. The van der Waals surface area contributed by atoms with Crippen molar-refractivity contribution in [1.29, 1.82) is 0 Å². The Bertz CT molecular complexity index is 839. The van der Waals surface area contributed by atoms with Crippen LogP contribution in [0.3, 0.4) is 0 Å². The molecule has 3 rings (SSSR count). The summed E-state index contributed by atoms with van der Waals surface area (Å²) < 4.78 is 1.42. The Hall–Kier alpha value is -2.40. The molecule has 0 saturated carbocycles. The molecule has 0 fully saturated rings. The SMILES string of the molecule is Cc1cccc(=O)n1C[C@@](C)(O)C(=O)N[C@H]1CCCc2ccccc21. The van der Waals surface area contributed by atoms with Crippen LogP contribution in [0.1, 0.15) is 42.6 Å².